The van der Waals surface area contributed by atoms with Gasteiger partial charge in [-0.2, -0.15) is 11.8 Å². The Balaban J connectivity index is 1.80. The lowest BCUT2D eigenvalue weighted by atomic mass is 10.2. The first-order valence-corrected chi connectivity index (χ1v) is 4.21. The summed E-state index contributed by atoms with van der Waals surface area (Å²) in [5.41, 5.74) is 0. The van der Waals surface area contributed by atoms with Crippen LogP contribution in [0, 0.1) is 0 Å². The van der Waals surface area contributed by atoms with Crippen molar-refractivity contribution in [3.63, 3.8) is 0 Å². The van der Waals surface area contributed by atoms with Gasteiger partial charge in [0.25, 0.3) is 0 Å². The number of rotatable bonds is 4. The zero-order valence-corrected chi connectivity index (χ0v) is 5.91. The summed E-state index contributed by atoms with van der Waals surface area (Å²) in [5.74, 6) is 1.41. The highest BCUT2D eigenvalue weighted by Crippen LogP contribution is 2.34. The molecule has 0 aromatic rings. The van der Waals surface area contributed by atoms with E-state index in [-0.39, 0.29) is 0 Å². The molecule has 1 atom stereocenters. The topological polar surface area (TPSA) is 0 Å². The minimum absolute atomic E-state index is 1.02. The molecule has 46 valence electrons. The van der Waals surface area contributed by atoms with E-state index >= 15 is 0 Å². The lowest BCUT2D eigenvalue weighted by Crippen LogP contribution is -1.80. The molecule has 0 amide bonds. The van der Waals surface area contributed by atoms with Crippen LogP contribution in [0.4, 0.5) is 0 Å². The molecule has 0 aromatic heterocycles. The molecule has 0 spiro atoms. The third-order valence-electron chi connectivity index (χ3n) is 1.34. The van der Waals surface area contributed by atoms with E-state index in [9.17, 15) is 0 Å². The minimum atomic E-state index is 1.02. The molecule has 8 heavy (non-hydrogen) atoms. The summed E-state index contributed by atoms with van der Waals surface area (Å²) in [7, 11) is 0. The lowest BCUT2D eigenvalue weighted by Gasteiger charge is -1.89. The Labute approximate surface area is 55.4 Å². The smallest absolute Gasteiger partial charge is 0.0138 e. The molecule has 0 bridgehead atoms. The van der Waals surface area contributed by atoms with E-state index in [1.165, 1.54) is 25.0 Å². The predicted molar refractivity (Wildman–Crippen MR) is 40.3 cm³/mol. The molecule has 1 rings (SSSR count). The molecule has 1 saturated heterocycles. The Morgan fingerprint density at radius 1 is 1.75 bits per heavy atom. The van der Waals surface area contributed by atoms with Gasteiger partial charge in [-0.3, -0.25) is 0 Å². The van der Waals surface area contributed by atoms with Gasteiger partial charge in [0, 0.05) is 11.0 Å². The summed E-state index contributed by atoms with van der Waals surface area (Å²) in [6.45, 7) is 3.67. The number of hydrogen-bond donors (Lipinski definition) is 0. The molecule has 1 heterocycles. The summed E-state index contributed by atoms with van der Waals surface area (Å²) in [5, 5.41) is 1.02. The fraction of sp³-hybridized carbons (Fsp3) is 0.714. The third-order valence-corrected chi connectivity index (χ3v) is 2.38. The van der Waals surface area contributed by atoms with E-state index < -0.39 is 0 Å². The first-order chi connectivity index (χ1) is 3.93. The standard InChI is InChI=1S/C7H12S/c1-2-3-4-5-7-6-8-7/h2,7H,1,3-6H2. The molecule has 0 nitrogen and oxygen atoms in total. The highest BCUT2D eigenvalue weighted by Gasteiger charge is 2.20. The Kier molecular flexibility index (Phi) is 2.47. The van der Waals surface area contributed by atoms with Gasteiger partial charge < -0.3 is 0 Å². The Bertz CT molecular complexity index is 74.5. The molecule has 1 heteroatoms. The fourth-order valence-corrected chi connectivity index (χ4v) is 1.36. The number of thioether (sulfide) groups is 1. The minimum Gasteiger partial charge on any atom is -0.157 e. The van der Waals surface area contributed by atoms with Gasteiger partial charge in [0.15, 0.2) is 0 Å². The first kappa shape index (κ1) is 6.21. The van der Waals surface area contributed by atoms with Crippen molar-refractivity contribution >= 4 is 11.8 Å². The average Bonchev–Trinajstić information content (AvgIpc) is 2.51. The molecule has 1 aliphatic heterocycles. The maximum absolute atomic E-state index is 3.67. The Hall–Kier alpha value is 0.0900. The van der Waals surface area contributed by atoms with Crippen LogP contribution in [0.1, 0.15) is 19.3 Å². The van der Waals surface area contributed by atoms with Crippen LogP contribution in [-0.4, -0.2) is 11.0 Å². The van der Waals surface area contributed by atoms with Gasteiger partial charge in [0.1, 0.15) is 0 Å². The van der Waals surface area contributed by atoms with Crippen molar-refractivity contribution in [3.8, 4) is 0 Å². The summed E-state index contributed by atoms with van der Waals surface area (Å²) in [6, 6.07) is 0. The van der Waals surface area contributed by atoms with E-state index in [1.54, 1.807) is 0 Å². The number of allylic oxidation sites excluding steroid dienone is 1. The SMILES string of the molecule is C=CCCCC1CS1. The molecule has 1 fully saturated rings. The van der Waals surface area contributed by atoms with Crippen molar-refractivity contribution < 1.29 is 0 Å². The normalized spacial score (nSPS) is 25.2. The monoisotopic (exact) mass is 128 g/mol. The van der Waals surface area contributed by atoms with Crippen LogP contribution in [0.5, 0.6) is 0 Å². The molecule has 1 unspecified atom stereocenters. The van der Waals surface area contributed by atoms with E-state index in [1.807, 2.05) is 6.08 Å². The van der Waals surface area contributed by atoms with E-state index in [2.05, 4.69) is 18.3 Å². The van der Waals surface area contributed by atoms with E-state index in [0.29, 0.717) is 0 Å². The quantitative estimate of drug-likeness (QED) is 0.318. The number of hydrogen-bond acceptors (Lipinski definition) is 1. The largest absolute Gasteiger partial charge is 0.157 e. The number of unbranched alkanes of at least 4 members (excludes halogenated alkanes) is 1. The zero-order valence-electron chi connectivity index (χ0n) is 5.10. The van der Waals surface area contributed by atoms with Gasteiger partial charge in [-0.15, -0.1) is 6.58 Å². The summed E-state index contributed by atoms with van der Waals surface area (Å²) in [6.07, 6.45) is 5.97. The average molecular weight is 128 g/mol. The van der Waals surface area contributed by atoms with Gasteiger partial charge in [-0.25, -0.2) is 0 Å². The van der Waals surface area contributed by atoms with Crippen molar-refractivity contribution in [3.05, 3.63) is 12.7 Å². The second-order valence-electron chi connectivity index (χ2n) is 2.17. The van der Waals surface area contributed by atoms with Crippen LogP contribution in [0.15, 0.2) is 12.7 Å². The second kappa shape index (κ2) is 3.18. The molecule has 0 aliphatic carbocycles. The lowest BCUT2D eigenvalue weighted by molar-refractivity contribution is 0.776. The first-order valence-electron chi connectivity index (χ1n) is 3.16. The third kappa shape index (κ3) is 2.41. The van der Waals surface area contributed by atoms with Crippen molar-refractivity contribution in [1.82, 2.24) is 0 Å². The van der Waals surface area contributed by atoms with Crippen LogP contribution in [-0.2, 0) is 0 Å². The highest BCUT2D eigenvalue weighted by molar-refractivity contribution is 8.06. The summed E-state index contributed by atoms with van der Waals surface area (Å²) in [4.78, 5) is 0. The maximum atomic E-state index is 3.67. The molecule has 0 aromatic carbocycles. The van der Waals surface area contributed by atoms with Crippen LogP contribution in [0.3, 0.4) is 0 Å². The van der Waals surface area contributed by atoms with Crippen molar-refractivity contribution in [2.24, 2.45) is 0 Å². The molecular formula is C7H12S. The molecule has 0 N–H and O–H groups in total. The zero-order chi connectivity index (χ0) is 5.82. The Morgan fingerprint density at radius 3 is 3.00 bits per heavy atom. The van der Waals surface area contributed by atoms with Crippen molar-refractivity contribution in [2.45, 2.75) is 24.5 Å². The molecule has 1 aliphatic rings. The Morgan fingerprint density at radius 2 is 2.50 bits per heavy atom. The van der Waals surface area contributed by atoms with Gasteiger partial charge in [0.2, 0.25) is 0 Å². The second-order valence-corrected chi connectivity index (χ2v) is 3.51. The van der Waals surface area contributed by atoms with Crippen LogP contribution < -0.4 is 0 Å². The van der Waals surface area contributed by atoms with Crippen molar-refractivity contribution in [2.75, 3.05) is 5.75 Å². The maximum Gasteiger partial charge on any atom is 0.0138 e. The molecule has 0 saturated carbocycles. The van der Waals surface area contributed by atoms with Gasteiger partial charge in [-0.1, -0.05) is 6.08 Å². The fourth-order valence-electron chi connectivity index (χ4n) is 0.725. The van der Waals surface area contributed by atoms with Gasteiger partial charge in [0.05, 0.1) is 0 Å². The van der Waals surface area contributed by atoms with Crippen LogP contribution >= 0.6 is 11.8 Å². The summed E-state index contributed by atoms with van der Waals surface area (Å²) >= 11 is 2.08. The van der Waals surface area contributed by atoms with E-state index in [0.717, 1.165) is 5.25 Å². The molecular weight excluding hydrogens is 116 g/mol. The van der Waals surface area contributed by atoms with Crippen LogP contribution in [0.25, 0.3) is 0 Å². The summed E-state index contributed by atoms with van der Waals surface area (Å²) < 4.78 is 0. The van der Waals surface area contributed by atoms with Gasteiger partial charge >= 0.3 is 0 Å². The van der Waals surface area contributed by atoms with Gasteiger partial charge in [-0.05, 0) is 19.3 Å². The molecule has 0 radical (unpaired) electrons. The van der Waals surface area contributed by atoms with E-state index in [4.69, 9.17) is 0 Å². The predicted octanol–water partition coefficient (Wildman–Crippen LogP) is 2.46. The highest BCUT2D eigenvalue weighted by atomic mass is 32.2. The van der Waals surface area contributed by atoms with Crippen molar-refractivity contribution in [1.29, 1.82) is 0 Å². The van der Waals surface area contributed by atoms with Crippen LogP contribution in [0.2, 0.25) is 0 Å².